The van der Waals surface area contributed by atoms with E-state index < -0.39 is 28.1 Å². The van der Waals surface area contributed by atoms with Gasteiger partial charge in [-0.1, -0.05) is 12.1 Å². The van der Waals surface area contributed by atoms with Crippen molar-refractivity contribution in [2.24, 2.45) is 0 Å². The van der Waals surface area contributed by atoms with Crippen LogP contribution in [0.3, 0.4) is 0 Å². The quantitative estimate of drug-likeness (QED) is 0.177. The van der Waals surface area contributed by atoms with Gasteiger partial charge in [0.15, 0.2) is 11.0 Å². The number of rotatable bonds is 3. The highest BCUT2D eigenvalue weighted by Gasteiger charge is 2.23. The molecule has 10 heteroatoms. The summed E-state index contributed by atoms with van der Waals surface area (Å²) >= 11 is 0. The van der Waals surface area contributed by atoms with Gasteiger partial charge in [-0.2, -0.15) is 0 Å². The Hall–Kier alpha value is -5.90. The average molecular weight is 538 g/mol. The van der Waals surface area contributed by atoms with Crippen molar-refractivity contribution in [3.05, 3.63) is 93.4 Å². The molecule has 0 radical (unpaired) electrons. The standard InChI is InChI=1S/C30H18O10/c31-15-4-1-13(2-5-15)18-12-39-30-26(21(35)10-22(36)28(30)29(18)38)17-7-14(3-6-19(17)33)24-11-23(37)27-20(34)8-16(32)9-25(27)40-24/h1-12,31-36H. The molecule has 0 saturated heterocycles. The van der Waals surface area contributed by atoms with Crippen molar-refractivity contribution < 1.29 is 39.5 Å². The molecule has 6 rings (SSSR count). The van der Waals surface area contributed by atoms with Crippen LogP contribution in [-0.4, -0.2) is 30.6 Å². The molecule has 10 nitrogen and oxygen atoms in total. The summed E-state index contributed by atoms with van der Waals surface area (Å²) in [6, 6.07) is 14.1. The second-order valence-electron chi connectivity index (χ2n) is 9.06. The zero-order valence-corrected chi connectivity index (χ0v) is 20.2. The third kappa shape index (κ3) is 3.82. The molecule has 0 bridgehead atoms. The first-order valence-corrected chi connectivity index (χ1v) is 11.8. The Balaban J connectivity index is 1.58. The summed E-state index contributed by atoms with van der Waals surface area (Å²) in [5.41, 5.74) is -0.874. The Bertz CT molecular complexity index is 2100. The minimum absolute atomic E-state index is 0.00445. The number of phenolic OH excluding ortho intramolecular Hbond substituents is 6. The van der Waals surface area contributed by atoms with Crippen molar-refractivity contribution in [3.63, 3.8) is 0 Å². The first kappa shape index (κ1) is 24.4. The Morgan fingerprint density at radius 3 is 2.02 bits per heavy atom. The molecule has 0 aliphatic rings. The number of phenols is 6. The molecular formula is C30H18O10. The second kappa shape index (κ2) is 8.84. The Kier molecular flexibility index (Phi) is 5.40. The first-order valence-electron chi connectivity index (χ1n) is 11.8. The van der Waals surface area contributed by atoms with Crippen molar-refractivity contribution in [3.8, 4) is 68.1 Å². The third-order valence-electron chi connectivity index (χ3n) is 6.53. The highest BCUT2D eigenvalue weighted by Crippen LogP contribution is 2.45. The maximum atomic E-state index is 13.4. The molecule has 0 fully saturated rings. The molecule has 0 spiro atoms. The molecule has 6 N–H and O–H groups in total. The van der Waals surface area contributed by atoms with E-state index in [2.05, 4.69) is 0 Å². The van der Waals surface area contributed by atoms with Gasteiger partial charge in [-0.25, -0.2) is 0 Å². The lowest BCUT2D eigenvalue weighted by Gasteiger charge is -2.13. The van der Waals surface area contributed by atoms with Gasteiger partial charge in [-0.15, -0.1) is 0 Å². The van der Waals surface area contributed by atoms with Crippen LogP contribution >= 0.6 is 0 Å². The number of hydrogen-bond acceptors (Lipinski definition) is 10. The SMILES string of the molecule is O=c1cc(-c2ccc(O)c(-c3c(O)cc(O)c4c(=O)c(-c5ccc(O)cc5)coc34)c2)oc2cc(O)cc(O)c12. The fraction of sp³-hybridized carbons (Fsp3) is 0. The van der Waals surface area contributed by atoms with Gasteiger partial charge in [0.05, 0.1) is 11.1 Å². The maximum absolute atomic E-state index is 13.4. The van der Waals surface area contributed by atoms with Crippen LogP contribution in [0.1, 0.15) is 0 Å². The molecule has 2 heterocycles. The van der Waals surface area contributed by atoms with E-state index >= 15 is 0 Å². The second-order valence-corrected chi connectivity index (χ2v) is 9.06. The molecule has 0 saturated carbocycles. The lowest BCUT2D eigenvalue weighted by atomic mass is 9.96. The van der Waals surface area contributed by atoms with E-state index in [0.29, 0.717) is 5.56 Å². The predicted octanol–water partition coefficient (Wildman–Crippen LogP) is 5.13. The van der Waals surface area contributed by atoms with Crippen molar-refractivity contribution in [1.29, 1.82) is 0 Å². The van der Waals surface area contributed by atoms with Crippen molar-refractivity contribution in [1.82, 2.24) is 0 Å². The van der Waals surface area contributed by atoms with E-state index in [9.17, 15) is 40.2 Å². The molecule has 6 aromatic rings. The fourth-order valence-electron chi connectivity index (χ4n) is 4.66. The molecule has 0 aliphatic carbocycles. The summed E-state index contributed by atoms with van der Waals surface area (Å²) in [7, 11) is 0. The van der Waals surface area contributed by atoms with Crippen LogP contribution in [0.25, 0.3) is 55.5 Å². The van der Waals surface area contributed by atoms with Gasteiger partial charge in [-0.3, -0.25) is 9.59 Å². The number of fused-ring (bicyclic) bond motifs is 2. The molecule has 2 aromatic heterocycles. The summed E-state index contributed by atoms with van der Waals surface area (Å²) < 4.78 is 11.5. The highest BCUT2D eigenvalue weighted by molar-refractivity contribution is 6.02. The summed E-state index contributed by atoms with van der Waals surface area (Å²) in [6.45, 7) is 0. The van der Waals surface area contributed by atoms with Crippen molar-refractivity contribution in [2.45, 2.75) is 0 Å². The molecule has 40 heavy (non-hydrogen) atoms. The lowest BCUT2D eigenvalue weighted by molar-refractivity contribution is 0.450. The fourth-order valence-corrected chi connectivity index (χ4v) is 4.66. The Labute approximate surface area is 223 Å². The monoisotopic (exact) mass is 538 g/mol. The van der Waals surface area contributed by atoms with E-state index in [-0.39, 0.29) is 67.2 Å². The molecule has 0 unspecified atom stereocenters. The summed E-state index contributed by atoms with van der Waals surface area (Å²) in [4.78, 5) is 26.1. The van der Waals surface area contributed by atoms with Crippen LogP contribution in [-0.2, 0) is 0 Å². The summed E-state index contributed by atoms with van der Waals surface area (Å²) in [5.74, 6) is -2.15. The van der Waals surface area contributed by atoms with Gasteiger partial charge in [0.1, 0.15) is 62.9 Å². The minimum atomic E-state index is -0.624. The Morgan fingerprint density at radius 1 is 0.575 bits per heavy atom. The van der Waals surface area contributed by atoms with Crippen molar-refractivity contribution in [2.75, 3.05) is 0 Å². The number of aromatic hydroxyl groups is 6. The highest BCUT2D eigenvalue weighted by atomic mass is 16.3. The van der Waals surface area contributed by atoms with E-state index in [1.807, 2.05) is 0 Å². The zero-order valence-electron chi connectivity index (χ0n) is 20.2. The van der Waals surface area contributed by atoms with E-state index in [4.69, 9.17) is 8.83 Å². The van der Waals surface area contributed by atoms with E-state index in [1.165, 1.54) is 48.5 Å². The lowest BCUT2D eigenvalue weighted by Crippen LogP contribution is -2.06. The Morgan fingerprint density at radius 2 is 1.27 bits per heavy atom. The molecule has 198 valence electrons. The van der Waals surface area contributed by atoms with Gasteiger partial charge in [0, 0.05) is 35.4 Å². The first-order chi connectivity index (χ1) is 19.1. The largest absolute Gasteiger partial charge is 0.508 e. The zero-order chi connectivity index (χ0) is 28.3. The normalized spacial score (nSPS) is 11.3. The van der Waals surface area contributed by atoms with Crippen LogP contribution in [0.4, 0.5) is 0 Å². The summed E-state index contributed by atoms with van der Waals surface area (Å²) in [5, 5.41) is 61.2. The smallest absolute Gasteiger partial charge is 0.204 e. The molecular weight excluding hydrogens is 520 g/mol. The van der Waals surface area contributed by atoms with Crippen LogP contribution in [0.2, 0.25) is 0 Å². The molecule has 0 aliphatic heterocycles. The molecule has 0 amide bonds. The molecule has 0 atom stereocenters. The molecule has 4 aromatic carbocycles. The van der Waals surface area contributed by atoms with Gasteiger partial charge in [0.2, 0.25) is 5.43 Å². The van der Waals surface area contributed by atoms with Crippen LogP contribution < -0.4 is 10.9 Å². The van der Waals surface area contributed by atoms with Gasteiger partial charge < -0.3 is 39.5 Å². The number of hydrogen-bond donors (Lipinski definition) is 6. The van der Waals surface area contributed by atoms with Crippen LogP contribution in [0.5, 0.6) is 34.5 Å². The van der Waals surface area contributed by atoms with Crippen LogP contribution in [0, 0.1) is 0 Å². The van der Waals surface area contributed by atoms with Gasteiger partial charge in [0.25, 0.3) is 0 Å². The van der Waals surface area contributed by atoms with Gasteiger partial charge in [-0.05, 0) is 35.9 Å². The number of benzene rings is 4. The topological polar surface area (TPSA) is 182 Å². The van der Waals surface area contributed by atoms with Crippen LogP contribution in [0.15, 0.2) is 91.4 Å². The van der Waals surface area contributed by atoms with Gasteiger partial charge >= 0.3 is 0 Å². The predicted molar refractivity (Wildman–Crippen MR) is 145 cm³/mol. The van der Waals surface area contributed by atoms with E-state index in [1.54, 1.807) is 0 Å². The van der Waals surface area contributed by atoms with E-state index in [0.717, 1.165) is 24.5 Å². The van der Waals surface area contributed by atoms with Crippen molar-refractivity contribution >= 4 is 21.9 Å². The third-order valence-corrected chi connectivity index (χ3v) is 6.53. The average Bonchev–Trinajstić information content (AvgIpc) is 2.89. The minimum Gasteiger partial charge on any atom is -0.508 e. The maximum Gasteiger partial charge on any atom is 0.204 e. The summed E-state index contributed by atoms with van der Waals surface area (Å²) in [6.07, 6.45) is 1.14.